The molecule has 2 heterocycles. The zero-order valence-electron chi connectivity index (χ0n) is 58.0. The van der Waals surface area contributed by atoms with Crippen LogP contribution < -0.4 is 47.9 Å². The highest BCUT2D eigenvalue weighted by molar-refractivity contribution is 8.77. The number of benzene rings is 2. The number of amides is 8. The van der Waals surface area contributed by atoms with Crippen molar-refractivity contribution < 1.29 is 98.6 Å². The van der Waals surface area contributed by atoms with Gasteiger partial charge in [0.25, 0.3) is 20.2 Å². The van der Waals surface area contributed by atoms with Gasteiger partial charge in [0, 0.05) is 84.3 Å². The van der Waals surface area contributed by atoms with Gasteiger partial charge < -0.3 is 63.2 Å². The number of likely N-dealkylation sites (N-methyl/N-ethyl adjacent to an activating group) is 1. The smallest absolute Gasteiger partial charge is 0.305 e. The van der Waals surface area contributed by atoms with Crippen LogP contribution in [-0.2, 0) is 83.8 Å². The zero-order valence-corrected chi connectivity index (χ0v) is 61.2. The van der Waals surface area contributed by atoms with Crippen molar-refractivity contribution in [2.75, 3.05) is 30.3 Å². The van der Waals surface area contributed by atoms with Gasteiger partial charge in [-0.25, -0.2) is 0 Å². The lowest BCUT2D eigenvalue weighted by atomic mass is 9.81. The molecule has 0 saturated carbocycles. The molecule has 0 radical (unpaired) electrons. The summed E-state index contributed by atoms with van der Waals surface area (Å²) in [6.07, 6.45) is 8.33. The third-order valence-electron chi connectivity index (χ3n) is 16.3. The fraction of sp³-hybridized carbons (Fsp3) is 0.545. The van der Waals surface area contributed by atoms with E-state index in [2.05, 4.69) is 46.7 Å². The molecule has 8 amide bonds. The SMILES string of the molecule is CCN1/C(=C/C=C/C=C/C2=[N+](CCCCCC(=O)NCCCC[C@H](NC(=O)[C@H](CC(=O)O)NC(=O)[C@@H](NC(=O)[C@H](CCC(=O)O)NC(=O)[C@H](CC(=O)O)NC(=O)[C@H](CSSC(C)(C)C)NC(C)=O)C(C)C)C(N)=O)c3ccc(S(=O)(=O)O)cc3C2(C)C)C(C)(C)c2cc(S(=O)(=O)O)ccc21. The van der Waals surface area contributed by atoms with E-state index in [4.69, 9.17) is 5.73 Å². The normalized spacial score (nSPS) is 16.4. The number of allylic oxidation sites excluding steroid dienone is 6. The molecule has 30 nitrogen and oxygen atoms in total. The van der Waals surface area contributed by atoms with Crippen molar-refractivity contribution in [3.8, 4) is 0 Å². The minimum Gasteiger partial charge on any atom is -0.481 e. The Labute approximate surface area is 590 Å². The van der Waals surface area contributed by atoms with Gasteiger partial charge >= 0.3 is 17.9 Å². The minimum absolute atomic E-state index is 0.00152. The Bertz CT molecular complexity index is 3770. The van der Waals surface area contributed by atoms with Crippen molar-refractivity contribution in [1.82, 2.24) is 37.2 Å². The summed E-state index contributed by atoms with van der Waals surface area (Å²) in [6, 6.07) is -0.773. The molecular weight excluding hydrogens is 1380 g/mol. The number of primary amides is 1. The lowest BCUT2D eigenvalue weighted by Crippen LogP contribution is -2.61. The van der Waals surface area contributed by atoms with Crippen LogP contribution in [0, 0.1) is 5.92 Å². The van der Waals surface area contributed by atoms with Gasteiger partial charge in [0.1, 0.15) is 42.8 Å². The maximum Gasteiger partial charge on any atom is 0.305 e. The Morgan fingerprint density at radius 1 is 0.630 bits per heavy atom. The van der Waals surface area contributed by atoms with E-state index < -0.39 is 158 Å². The number of unbranched alkanes of at least 4 members (excludes halogenated alkanes) is 3. The van der Waals surface area contributed by atoms with Crippen LogP contribution in [-0.4, -0.2) is 183 Å². The monoisotopic (exact) mass is 1480 g/mol. The van der Waals surface area contributed by atoms with Crippen molar-refractivity contribution in [3.05, 3.63) is 83.6 Å². The highest BCUT2D eigenvalue weighted by Crippen LogP contribution is 2.48. The number of nitrogens with zero attached hydrogens (tertiary/aromatic N) is 2. The van der Waals surface area contributed by atoms with Gasteiger partial charge in [-0.1, -0.05) is 88.3 Å². The molecule has 0 fully saturated rings. The van der Waals surface area contributed by atoms with Gasteiger partial charge in [0.2, 0.25) is 52.9 Å². The first-order valence-corrected chi connectivity index (χ1v) is 37.6. The molecule has 2 aliphatic rings. The number of nitrogens with two attached hydrogens (primary N) is 1. The van der Waals surface area contributed by atoms with E-state index in [-0.39, 0.29) is 52.0 Å². The quantitative estimate of drug-likeness (QED) is 0.0146. The molecule has 0 spiro atoms. The molecule has 0 saturated heterocycles. The molecular formula is C66H95N10O20S4+. The molecule has 2 aliphatic heterocycles. The number of carbonyl (C=O) groups excluding carboxylic acids is 8. The number of aliphatic carboxylic acids is 3. The maximum atomic E-state index is 13.9. The molecule has 2 aromatic carbocycles. The van der Waals surface area contributed by atoms with Gasteiger partial charge in [-0.2, -0.15) is 21.4 Å². The van der Waals surface area contributed by atoms with E-state index >= 15 is 0 Å². The Balaban J connectivity index is 1.36. The first kappa shape index (κ1) is 84.2. The summed E-state index contributed by atoms with van der Waals surface area (Å²) in [4.78, 5) is 143. The average Bonchev–Trinajstić information content (AvgIpc) is 1.60. The second kappa shape index (κ2) is 36.9. The van der Waals surface area contributed by atoms with E-state index in [9.17, 15) is 94.0 Å². The van der Waals surface area contributed by atoms with Crippen molar-refractivity contribution in [1.29, 1.82) is 0 Å². The van der Waals surface area contributed by atoms with Gasteiger partial charge in [0.15, 0.2) is 5.71 Å². The number of anilines is 1. The van der Waals surface area contributed by atoms with Gasteiger partial charge in [-0.15, -0.1) is 0 Å². The predicted octanol–water partition coefficient (Wildman–Crippen LogP) is 4.28. The summed E-state index contributed by atoms with van der Waals surface area (Å²) in [6.45, 7) is 20.8. The van der Waals surface area contributed by atoms with Gasteiger partial charge in [-0.3, -0.25) is 61.8 Å². The molecule has 34 heteroatoms. The van der Waals surface area contributed by atoms with Crippen LogP contribution in [0.3, 0.4) is 0 Å². The topological polar surface area (TPSA) is 474 Å². The number of rotatable bonds is 40. The van der Waals surface area contributed by atoms with Crippen LogP contribution in [0.5, 0.6) is 0 Å². The molecule has 0 aliphatic carbocycles. The number of carbonyl (C=O) groups is 11. The standard InChI is InChI=1S/C66H94N10O20S4/c1-12-75-49-28-25-40(99(91,92)93)33-42(49)65(8,9)51(75)22-15-13-16-23-52-66(10,11)43-34-41(100(94,95)96)26-29-50(43)76(52)32-20-14-17-24-53(78)68-31-19-18-21-44(58(67)85)70-60(87)47(36-56(83)84)73-63(90)57(38(2)3)74-59(86)45(27-30-54(79)80)71-61(88)46(35-55(81)82)72-62(89)48(69-39(4)77)37-97-98-64(5,6)7/h13,15-16,22-23,25-26,28-29,33-34,38,44-48,57H,12,14,17-21,24,27,30-32,35-37H2,1-11H3,(H13-,67,68,69,70,71,72,73,74,77,78,79,80,81,82,83,84,85,86,87,88,89,90,91,92,93,94,95,96)/p+1/t44-,45-,46-,47-,48-,57-/m0/s1. The Hall–Kier alpha value is -8.18. The van der Waals surface area contributed by atoms with Crippen LogP contribution in [0.25, 0.3) is 0 Å². The number of carboxylic acid groups (broad SMARTS) is 3. The lowest BCUT2D eigenvalue weighted by molar-refractivity contribution is -0.438. The Kier molecular flexibility index (Phi) is 31.1. The van der Waals surface area contributed by atoms with E-state index in [0.717, 1.165) is 35.3 Å². The van der Waals surface area contributed by atoms with E-state index in [1.54, 1.807) is 12.1 Å². The van der Waals surface area contributed by atoms with Crippen LogP contribution in [0.1, 0.15) is 158 Å². The Morgan fingerprint density at radius 3 is 1.72 bits per heavy atom. The first-order valence-electron chi connectivity index (χ1n) is 32.4. The summed E-state index contributed by atoms with van der Waals surface area (Å²) in [5.74, 6) is -12.9. The molecule has 552 valence electrons. The molecule has 0 aromatic heterocycles. The second-order valence-electron chi connectivity index (χ2n) is 26.5. The number of nitrogens with one attached hydrogen (secondary N) is 7. The van der Waals surface area contributed by atoms with Gasteiger partial charge in [-0.05, 0) is 107 Å². The van der Waals surface area contributed by atoms with Crippen LogP contribution >= 0.6 is 21.6 Å². The summed E-state index contributed by atoms with van der Waals surface area (Å²) >= 11 is 0. The summed E-state index contributed by atoms with van der Waals surface area (Å²) in [5.41, 5.74) is 8.99. The molecule has 4 rings (SSSR count). The number of carboxylic acids is 3. The van der Waals surface area contributed by atoms with Crippen LogP contribution in [0.2, 0.25) is 0 Å². The van der Waals surface area contributed by atoms with Crippen molar-refractivity contribution in [2.24, 2.45) is 11.7 Å². The summed E-state index contributed by atoms with van der Waals surface area (Å²) in [5, 5.41) is 45.7. The highest BCUT2D eigenvalue weighted by Gasteiger charge is 2.45. The second-order valence-corrected chi connectivity index (χ2v) is 32.5. The predicted molar refractivity (Wildman–Crippen MR) is 376 cm³/mol. The third kappa shape index (κ3) is 25.2. The zero-order chi connectivity index (χ0) is 75.4. The van der Waals surface area contributed by atoms with E-state index in [0.29, 0.717) is 44.3 Å². The number of fused-ring (bicyclic) bond motifs is 2. The van der Waals surface area contributed by atoms with Gasteiger partial charge in [0.05, 0.1) is 28.0 Å². The average molecular weight is 1480 g/mol. The molecule has 14 N–H and O–H groups in total. The first-order chi connectivity index (χ1) is 46.4. The fourth-order valence-electron chi connectivity index (χ4n) is 11.3. The van der Waals surface area contributed by atoms with Crippen LogP contribution in [0.15, 0.2) is 82.3 Å². The van der Waals surface area contributed by atoms with Crippen molar-refractivity contribution in [3.63, 3.8) is 0 Å². The van der Waals surface area contributed by atoms with Crippen molar-refractivity contribution in [2.45, 2.75) is 208 Å². The van der Waals surface area contributed by atoms with E-state index in [1.807, 2.05) is 85.8 Å². The largest absolute Gasteiger partial charge is 0.481 e. The molecule has 100 heavy (non-hydrogen) atoms. The summed E-state index contributed by atoms with van der Waals surface area (Å²) in [7, 11) is -6.35. The number of hydrogen-bond acceptors (Lipinski definition) is 18. The number of hydrogen-bond donors (Lipinski definition) is 13. The summed E-state index contributed by atoms with van der Waals surface area (Å²) < 4.78 is 70.0. The van der Waals surface area contributed by atoms with E-state index in [1.165, 1.54) is 59.7 Å². The van der Waals surface area contributed by atoms with Crippen LogP contribution in [0.4, 0.5) is 11.4 Å². The van der Waals surface area contributed by atoms with Crippen molar-refractivity contribution >= 4 is 124 Å². The molecule has 6 atom stereocenters. The molecule has 0 unspecified atom stereocenters. The lowest BCUT2D eigenvalue weighted by Gasteiger charge is -2.28. The third-order valence-corrected chi connectivity index (χ3v) is 21.4. The fourth-order valence-corrected chi connectivity index (χ4v) is 14.7. The molecule has 0 bridgehead atoms. The maximum absolute atomic E-state index is 13.9. The minimum atomic E-state index is -4.53. The highest BCUT2D eigenvalue weighted by atomic mass is 33.1. The Morgan fingerprint density at radius 2 is 1.18 bits per heavy atom. The molecule has 2 aromatic rings.